The van der Waals surface area contributed by atoms with Crippen LogP contribution in [0.4, 0.5) is 0 Å². The van der Waals surface area contributed by atoms with Gasteiger partial charge in [-0.1, -0.05) is 24.3 Å². The van der Waals surface area contributed by atoms with Gasteiger partial charge in [-0.15, -0.1) is 12.4 Å². The predicted molar refractivity (Wildman–Crippen MR) is 97.9 cm³/mol. The number of likely N-dealkylation sites (tertiary alicyclic amines) is 1. The van der Waals surface area contributed by atoms with Crippen LogP contribution in [0.2, 0.25) is 0 Å². The van der Waals surface area contributed by atoms with Crippen LogP contribution in [-0.4, -0.2) is 29.9 Å². The highest BCUT2D eigenvalue weighted by atomic mass is 35.5. The zero-order valence-electron chi connectivity index (χ0n) is 13.6. The molecule has 3 rings (SSSR count). The molecule has 1 unspecified atom stereocenters. The van der Waals surface area contributed by atoms with Gasteiger partial charge in [-0.05, 0) is 49.6 Å². The van der Waals surface area contributed by atoms with E-state index in [-0.39, 0.29) is 24.4 Å². The zero-order chi connectivity index (χ0) is 16.1. The Bertz CT molecular complexity index is 663. The maximum atomic E-state index is 12.8. The Morgan fingerprint density at radius 2 is 1.83 bits per heavy atom. The van der Waals surface area contributed by atoms with E-state index in [9.17, 15) is 4.79 Å². The van der Waals surface area contributed by atoms with Crippen LogP contribution in [0, 0.1) is 0 Å². The number of carbonyl (C=O) groups excluding carboxylic acids is 1. The van der Waals surface area contributed by atoms with Gasteiger partial charge in [0.25, 0.3) is 5.91 Å². The first kappa shape index (κ1) is 18.3. The standard InChI is InChI=1S/C19H22N2O2.ClH/c20-14-16-8-4-5-12-21(16)19(22)15-7-6-11-18(13-15)23-17-9-2-1-3-10-17;/h1-3,6-7,9-11,13,16H,4-5,8,12,14,20H2;1H. The number of halogens is 1. The zero-order valence-corrected chi connectivity index (χ0v) is 14.4. The molecule has 1 aliphatic heterocycles. The second kappa shape index (κ2) is 8.71. The molecular formula is C19H23ClN2O2. The van der Waals surface area contributed by atoms with Crippen LogP contribution in [-0.2, 0) is 0 Å². The summed E-state index contributed by atoms with van der Waals surface area (Å²) in [4.78, 5) is 14.7. The van der Waals surface area contributed by atoms with Crippen LogP contribution in [0.15, 0.2) is 54.6 Å². The summed E-state index contributed by atoms with van der Waals surface area (Å²) < 4.78 is 5.81. The lowest BCUT2D eigenvalue weighted by Gasteiger charge is -2.35. The second-order valence-corrected chi connectivity index (χ2v) is 5.83. The first-order valence-electron chi connectivity index (χ1n) is 8.12. The summed E-state index contributed by atoms with van der Waals surface area (Å²) in [6, 6.07) is 17.1. The summed E-state index contributed by atoms with van der Waals surface area (Å²) >= 11 is 0. The van der Waals surface area contributed by atoms with Gasteiger partial charge in [0, 0.05) is 24.7 Å². The molecule has 1 aliphatic rings. The van der Waals surface area contributed by atoms with Gasteiger partial charge in [-0.2, -0.15) is 0 Å². The lowest BCUT2D eigenvalue weighted by molar-refractivity contribution is 0.0623. The van der Waals surface area contributed by atoms with E-state index in [2.05, 4.69) is 0 Å². The van der Waals surface area contributed by atoms with Crippen molar-refractivity contribution in [1.82, 2.24) is 4.90 Å². The van der Waals surface area contributed by atoms with Gasteiger partial charge >= 0.3 is 0 Å². The van der Waals surface area contributed by atoms with Gasteiger partial charge in [0.2, 0.25) is 0 Å². The molecular weight excluding hydrogens is 324 g/mol. The van der Waals surface area contributed by atoms with E-state index in [1.807, 2.05) is 53.4 Å². The molecule has 5 heteroatoms. The fourth-order valence-electron chi connectivity index (χ4n) is 3.00. The molecule has 1 saturated heterocycles. The van der Waals surface area contributed by atoms with Crippen molar-refractivity contribution < 1.29 is 9.53 Å². The number of nitrogens with zero attached hydrogens (tertiary/aromatic N) is 1. The van der Waals surface area contributed by atoms with Crippen LogP contribution in [0.1, 0.15) is 29.6 Å². The SMILES string of the molecule is Cl.NCC1CCCCN1C(=O)c1cccc(Oc2ccccc2)c1. The van der Waals surface area contributed by atoms with Gasteiger partial charge in [0.05, 0.1) is 0 Å². The molecule has 1 atom stereocenters. The summed E-state index contributed by atoms with van der Waals surface area (Å²) in [7, 11) is 0. The Labute approximate surface area is 149 Å². The van der Waals surface area contributed by atoms with Crippen LogP contribution in [0.3, 0.4) is 0 Å². The molecule has 0 aromatic heterocycles. The highest BCUT2D eigenvalue weighted by Crippen LogP contribution is 2.24. The molecule has 1 fully saturated rings. The molecule has 0 spiro atoms. The van der Waals surface area contributed by atoms with E-state index in [0.29, 0.717) is 17.9 Å². The van der Waals surface area contributed by atoms with Gasteiger partial charge in [-0.3, -0.25) is 4.79 Å². The number of carbonyl (C=O) groups is 1. The van der Waals surface area contributed by atoms with E-state index in [1.165, 1.54) is 0 Å². The molecule has 0 saturated carbocycles. The minimum atomic E-state index is 0. The number of amides is 1. The number of benzene rings is 2. The molecule has 0 aliphatic carbocycles. The molecule has 128 valence electrons. The number of piperidine rings is 1. The van der Waals surface area contributed by atoms with E-state index < -0.39 is 0 Å². The van der Waals surface area contributed by atoms with Crippen molar-refractivity contribution >= 4 is 18.3 Å². The molecule has 24 heavy (non-hydrogen) atoms. The number of hydrogen-bond donors (Lipinski definition) is 1. The first-order valence-corrected chi connectivity index (χ1v) is 8.12. The Balaban J connectivity index is 0.00000208. The number of rotatable bonds is 4. The summed E-state index contributed by atoms with van der Waals surface area (Å²) in [5.41, 5.74) is 6.47. The van der Waals surface area contributed by atoms with E-state index in [1.54, 1.807) is 6.07 Å². The molecule has 4 nitrogen and oxygen atoms in total. The third-order valence-corrected chi connectivity index (χ3v) is 4.22. The van der Waals surface area contributed by atoms with E-state index >= 15 is 0 Å². The highest BCUT2D eigenvalue weighted by molar-refractivity contribution is 5.95. The maximum Gasteiger partial charge on any atom is 0.254 e. The van der Waals surface area contributed by atoms with Gasteiger partial charge in [0.15, 0.2) is 0 Å². The van der Waals surface area contributed by atoms with Crippen molar-refractivity contribution in [2.75, 3.05) is 13.1 Å². The van der Waals surface area contributed by atoms with Crippen molar-refractivity contribution in [3.63, 3.8) is 0 Å². The third-order valence-electron chi connectivity index (χ3n) is 4.22. The molecule has 1 heterocycles. The molecule has 2 aromatic carbocycles. The summed E-state index contributed by atoms with van der Waals surface area (Å²) in [5, 5.41) is 0. The summed E-state index contributed by atoms with van der Waals surface area (Å²) in [6.45, 7) is 1.30. The van der Waals surface area contributed by atoms with Crippen molar-refractivity contribution in [3.05, 3.63) is 60.2 Å². The topological polar surface area (TPSA) is 55.6 Å². The van der Waals surface area contributed by atoms with Crippen LogP contribution in [0.5, 0.6) is 11.5 Å². The number of ether oxygens (including phenoxy) is 1. The van der Waals surface area contributed by atoms with E-state index in [4.69, 9.17) is 10.5 Å². The minimum absolute atomic E-state index is 0. The lowest BCUT2D eigenvalue weighted by atomic mass is 10.0. The molecule has 2 N–H and O–H groups in total. The number of nitrogens with two attached hydrogens (primary N) is 1. The normalized spacial score (nSPS) is 17.0. The van der Waals surface area contributed by atoms with Gasteiger partial charge in [-0.25, -0.2) is 0 Å². The summed E-state index contributed by atoms with van der Waals surface area (Å²) in [5.74, 6) is 1.47. The first-order chi connectivity index (χ1) is 11.3. The van der Waals surface area contributed by atoms with Crippen LogP contribution >= 0.6 is 12.4 Å². The average Bonchev–Trinajstić information content (AvgIpc) is 2.62. The quantitative estimate of drug-likeness (QED) is 0.914. The van der Waals surface area contributed by atoms with Crippen LogP contribution in [0.25, 0.3) is 0 Å². The third kappa shape index (κ3) is 4.28. The minimum Gasteiger partial charge on any atom is -0.457 e. The van der Waals surface area contributed by atoms with Gasteiger partial charge in [0.1, 0.15) is 11.5 Å². The molecule has 0 bridgehead atoms. The fourth-order valence-corrected chi connectivity index (χ4v) is 3.00. The van der Waals surface area contributed by atoms with Crippen LogP contribution < -0.4 is 10.5 Å². The van der Waals surface area contributed by atoms with Crippen molar-refractivity contribution in [1.29, 1.82) is 0 Å². The largest absolute Gasteiger partial charge is 0.457 e. The molecule has 0 radical (unpaired) electrons. The molecule has 1 amide bonds. The molecule has 2 aromatic rings. The average molecular weight is 347 g/mol. The van der Waals surface area contributed by atoms with Gasteiger partial charge < -0.3 is 15.4 Å². The maximum absolute atomic E-state index is 12.8. The Morgan fingerprint density at radius 1 is 1.08 bits per heavy atom. The number of para-hydroxylation sites is 1. The Morgan fingerprint density at radius 3 is 2.58 bits per heavy atom. The van der Waals surface area contributed by atoms with Crippen molar-refractivity contribution in [2.24, 2.45) is 5.73 Å². The van der Waals surface area contributed by atoms with E-state index in [0.717, 1.165) is 31.6 Å². The smallest absolute Gasteiger partial charge is 0.254 e. The predicted octanol–water partition coefficient (Wildman–Crippen LogP) is 3.85. The summed E-state index contributed by atoms with van der Waals surface area (Å²) in [6.07, 6.45) is 3.17. The lowest BCUT2D eigenvalue weighted by Crippen LogP contribution is -2.47. The van der Waals surface area contributed by atoms with Crippen molar-refractivity contribution in [2.45, 2.75) is 25.3 Å². The monoisotopic (exact) mass is 346 g/mol. The second-order valence-electron chi connectivity index (χ2n) is 5.83. The Kier molecular flexibility index (Phi) is 6.64. The highest BCUT2D eigenvalue weighted by Gasteiger charge is 2.26. The number of hydrogen-bond acceptors (Lipinski definition) is 3. The fraction of sp³-hybridized carbons (Fsp3) is 0.316. The Hall–Kier alpha value is -2.04. The van der Waals surface area contributed by atoms with Crippen molar-refractivity contribution in [3.8, 4) is 11.5 Å².